The van der Waals surface area contributed by atoms with Gasteiger partial charge in [-0.3, -0.25) is 9.69 Å². The number of hydrogen-bond acceptors (Lipinski definition) is 2. The number of carbonyl (C=O) groups is 1. The predicted octanol–water partition coefficient (Wildman–Crippen LogP) is 4.61. The molecule has 0 spiro atoms. The van der Waals surface area contributed by atoms with Crippen LogP contribution in [-0.2, 0) is 17.8 Å². The molecule has 0 unspecified atom stereocenters. The normalized spacial score (nSPS) is 15.6. The van der Waals surface area contributed by atoms with Crippen molar-refractivity contribution in [1.29, 1.82) is 0 Å². The Morgan fingerprint density at radius 1 is 1.15 bits per heavy atom. The average molecular weight is 385 g/mol. The number of carbonyl (C=O) groups excluding carboxylic acids is 1. The number of piperidine rings is 1. The molecular formula is C23H29ClN2O. The summed E-state index contributed by atoms with van der Waals surface area (Å²) < 4.78 is 0. The van der Waals surface area contributed by atoms with Crippen molar-refractivity contribution in [1.82, 2.24) is 10.2 Å². The molecule has 1 fully saturated rings. The number of nitrogens with one attached hydrogen (secondary N) is 1. The topological polar surface area (TPSA) is 32.3 Å². The second kappa shape index (κ2) is 9.91. The van der Waals surface area contributed by atoms with Crippen LogP contribution in [0.5, 0.6) is 0 Å². The lowest BCUT2D eigenvalue weighted by Crippen LogP contribution is -2.40. The Hall–Kier alpha value is -1.84. The van der Waals surface area contributed by atoms with Gasteiger partial charge in [-0.1, -0.05) is 59.6 Å². The van der Waals surface area contributed by atoms with E-state index in [1.54, 1.807) is 0 Å². The third kappa shape index (κ3) is 6.08. The highest BCUT2D eigenvalue weighted by atomic mass is 35.5. The van der Waals surface area contributed by atoms with E-state index in [1.807, 2.05) is 24.3 Å². The Balaban J connectivity index is 1.35. The second-order valence-corrected chi connectivity index (χ2v) is 7.93. The predicted molar refractivity (Wildman–Crippen MR) is 112 cm³/mol. The molecule has 1 amide bonds. The number of hydrogen-bond donors (Lipinski definition) is 1. The summed E-state index contributed by atoms with van der Waals surface area (Å²) in [4.78, 5) is 14.9. The SMILES string of the molecule is Cc1cccc(CN2CCC(C(=O)NCCCc3ccccc3Cl)CC2)c1. The summed E-state index contributed by atoms with van der Waals surface area (Å²) in [6, 6.07) is 16.6. The molecule has 1 aliphatic rings. The Kier molecular flexibility index (Phi) is 7.31. The zero-order valence-corrected chi connectivity index (χ0v) is 16.8. The minimum absolute atomic E-state index is 0.152. The Morgan fingerprint density at radius 2 is 1.93 bits per heavy atom. The number of benzene rings is 2. The first-order chi connectivity index (χ1) is 13.1. The van der Waals surface area contributed by atoms with Gasteiger partial charge in [0.1, 0.15) is 0 Å². The van der Waals surface area contributed by atoms with Crippen molar-refractivity contribution >= 4 is 17.5 Å². The van der Waals surface area contributed by atoms with E-state index >= 15 is 0 Å². The van der Waals surface area contributed by atoms with Crippen LogP contribution in [0.3, 0.4) is 0 Å². The monoisotopic (exact) mass is 384 g/mol. The largest absolute Gasteiger partial charge is 0.356 e. The van der Waals surface area contributed by atoms with Crippen LogP contribution in [-0.4, -0.2) is 30.4 Å². The smallest absolute Gasteiger partial charge is 0.223 e. The first-order valence-corrected chi connectivity index (χ1v) is 10.3. The lowest BCUT2D eigenvalue weighted by molar-refractivity contribution is -0.126. The Labute approximate surface area is 167 Å². The van der Waals surface area contributed by atoms with Crippen LogP contribution in [0.1, 0.15) is 36.0 Å². The highest BCUT2D eigenvalue weighted by Gasteiger charge is 2.24. The molecule has 4 heteroatoms. The zero-order chi connectivity index (χ0) is 19.1. The van der Waals surface area contributed by atoms with E-state index in [9.17, 15) is 4.79 Å². The molecule has 2 aromatic carbocycles. The molecule has 27 heavy (non-hydrogen) atoms. The van der Waals surface area contributed by atoms with Crippen LogP contribution in [0.2, 0.25) is 5.02 Å². The first kappa shape index (κ1) is 19.9. The van der Waals surface area contributed by atoms with E-state index in [2.05, 4.69) is 41.4 Å². The summed E-state index contributed by atoms with van der Waals surface area (Å²) in [7, 11) is 0. The summed E-state index contributed by atoms with van der Waals surface area (Å²) in [5.74, 6) is 0.364. The van der Waals surface area contributed by atoms with Gasteiger partial charge >= 0.3 is 0 Å². The fraction of sp³-hybridized carbons (Fsp3) is 0.435. The highest BCUT2D eigenvalue weighted by molar-refractivity contribution is 6.31. The van der Waals surface area contributed by atoms with Crippen molar-refractivity contribution in [2.45, 2.75) is 39.2 Å². The minimum atomic E-state index is 0.152. The molecule has 0 aliphatic carbocycles. The maximum Gasteiger partial charge on any atom is 0.223 e. The van der Waals surface area contributed by atoms with E-state index in [0.29, 0.717) is 6.54 Å². The van der Waals surface area contributed by atoms with Gasteiger partial charge in [-0.2, -0.15) is 0 Å². The van der Waals surface area contributed by atoms with Gasteiger partial charge < -0.3 is 5.32 Å². The van der Waals surface area contributed by atoms with Crippen molar-refractivity contribution < 1.29 is 4.79 Å². The van der Waals surface area contributed by atoms with Gasteiger partial charge in [0.2, 0.25) is 5.91 Å². The summed E-state index contributed by atoms with van der Waals surface area (Å²) in [5.41, 5.74) is 3.81. The molecule has 144 valence electrons. The van der Waals surface area contributed by atoms with Crippen LogP contribution in [0.4, 0.5) is 0 Å². The van der Waals surface area contributed by atoms with Gasteiger partial charge in [0.15, 0.2) is 0 Å². The van der Waals surface area contributed by atoms with E-state index in [-0.39, 0.29) is 11.8 Å². The van der Waals surface area contributed by atoms with Crippen molar-refractivity contribution in [2.75, 3.05) is 19.6 Å². The average Bonchev–Trinajstić information content (AvgIpc) is 2.67. The maximum absolute atomic E-state index is 12.4. The van der Waals surface area contributed by atoms with Crippen molar-refractivity contribution in [3.8, 4) is 0 Å². The summed E-state index contributed by atoms with van der Waals surface area (Å²) in [6.07, 6.45) is 3.71. The van der Waals surface area contributed by atoms with Gasteiger partial charge in [-0.25, -0.2) is 0 Å². The summed E-state index contributed by atoms with van der Waals surface area (Å²) >= 11 is 6.18. The van der Waals surface area contributed by atoms with Crippen LogP contribution in [0.25, 0.3) is 0 Å². The molecular weight excluding hydrogens is 356 g/mol. The maximum atomic E-state index is 12.4. The molecule has 0 atom stereocenters. The zero-order valence-electron chi connectivity index (χ0n) is 16.1. The fourth-order valence-corrected chi connectivity index (χ4v) is 3.99. The molecule has 0 radical (unpaired) electrons. The van der Waals surface area contributed by atoms with Crippen molar-refractivity contribution in [3.63, 3.8) is 0 Å². The standard InChI is InChI=1S/C23H29ClN2O/c1-18-6-4-7-19(16-18)17-26-14-11-21(12-15-26)23(27)25-13-5-9-20-8-2-3-10-22(20)24/h2-4,6-8,10,16,21H,5,9,11-15,17H2,1H3,(H,25,27). The van der Waals surface area contributed by atoms with Crippen molar-refractivity contribution in [3.05, 3.63) is 70.2 Å². The van der Waals surface area contributed by atoms with Crippen LogP contribution < -0.4 is 5.32 Å². The van der Waals surface area contributed by atoms with Gasteiger partial charge in [-0.15, -0.1) is 0 Å². The van der Waals surface area contributed by atoms with Gasteiger partial charge in [0, 0.05) is 24.0 Å². The van der Waals surface area contributed by atoms with Gasteiger partial charge in [0.05, 0.1) is 0 Å². The first-order valence-electron chi connectivity index (χ1n) is 9.91. The van der Waals surface area contributed by atoms with Crippen LogP contribution in [0, 0.1) is 12.8 Å². The lowest BCUT2D eigenvalue weighted by atomic mass is 9.95. The summed E-state index contributed by atoms with van der Waals surface area (Å²) in [5, 5.41) is 3.92. The number of rotatable bonds is 7. The molecule has 0 aromatic heterocycles. The van der Waals surface area contributed by atoms with E-state index < -0.39 is 0 Å². The third-order valence-electron chi connectivity index (χ3n) is 5.33. The second-order valence-electron chi connectivity index (χ2n) is 7.53. The quantitative estimate of drug-likeness (QED) is 0.707. The molecule has 3 nitrogen and oxygen atoms in total. The van der Waals surface area contributed by atoms with Crippen molar-refractivity contribution in [2.24, 2.45) is 5.92 Å². The molecule has 1 aliphatic heterocycles. The number of likely N-dealkylation sites (tertiary alicyclic amines) is 1. The van der Waals surface area contributed by atoms with Gasteiger partial charge in [-0.05, 0) is 62.9 Å². The number of aryl methyl sites for hydroxylation is 2. The number of nitrogens with zero attached hydrogens (tertiary/aromatic N) is 1. The molecule has 1 N–H and O–H groups in total. The van der Waals surface area contributed by atoms with Gasteiger partial charge in [0.25, 0.3) is 0 Å². The molecule has 2 aromatic rings. The minimum Gasteiger partial charge on any atom is -0.356 e. The molecule has 3 rings (SSSR count). The van der Waals surface area contributed by atoms with E-state index in [1.165, 1.54) is 11.1 Å². The summed E-state index contributed by atoms with van der Waals surface area (Å²) in [6.45, 7) is 5.81. The molecule has 0 saturated carbocycles. The molecule has 0 bridgehead atoms. The third-order valence-corrected chi connectivity index (χ3v) is 5.70. The van der Waals surface area contributed by atoms with E-state index in [0.717, 1.165) is 55.9 Å². The highest BCUT2D eigenvalue weighted by Crippen LogP contribution is 2.20. The van der Waals surface area contributed by atoms with Crippen LogP contribution >= 0.6 is 11.6 Å². The Bertz CT molecular complexity index is 754. The number of halogens is 1. The fourth-order valence-electron chi connectivity index (χ4n) is 3.76. The lowest BCUT2D eigenvalue weighted by Gasteiger charge is -2.31. The Morgan fingerprint density at radius 3 is 2.67 bits per heavy atom. The molecule has 1 saturated heterocycles. The van der Waals surface area contributed by atoms with E-state index in [4.69, 9.17) is 11.6 Å². The molecule has 1 heterocycles. The van der Waals surface area contributed by atoms with Crippen LogP contribution in [0.15, 0.2) is 48.5 Å². The number of amides is 1.